The van der Waals surface area contributed by atoms with Crippen molar-refractivity contribution in [2.75, 3.05) is 7.11 Å². The highest BCUT2D eigenvalue weighted by atomic mass is 16.5. The van der Waals surface area contributed by atoms with Crippen molar-refractivity contribution in [3.05, 3.63) is 102 Å². The Hall–Kier alpha value is -5.11. The number of H-pyrrole nitrogens is 1. The average Bonchev–Trinajstić information content (AvgIpc) is 3.66. The Bertz CT molecular complexity index is 1790. The van der Waals surface area contributed by atoms with Crippen molar-refractivity contribution >= 4 is 17.1 Å². The Balaban J connectivity index is 1.34. The molecule has 0 saturated carbocycles. The third-order valence-electron chi connectivity index (χ3n) is 7.11. The van der Waals surface area contributed by atoms with Gasteiger partial charge in [-0.25, -0.2) is 4.98 Å². The number of rotatable bonds is 9. The summed E-state index contributed by atoms with van der Waals surface area (Å²) in [5.74, 6) is 2.27. The van der Waals surface area contributed by atoms with Crippen molar-refractivity contribution in [2.45, 2.75) is 26.3 Å². The number of aldehydes is 1. The lowest BCUT2D eigenvalue weighted by Gasteiger charge is -2.11. The summed E-state index contributed by atoms with van der Waals surface area (Å²) in [4.78, 5) is 17.4. The predicted molar refractivity (Wildman–Crippen MR) is 155 cm³/mol. The quantitative estimate of drug-likeness (QED) is 0.219. The van der Waals surface area contributed by atoms with E-state index in [0.29, 0.717) is 23.8 Å². The zero-order valence-electron chi connectivity index (χ0n) is 22.3. The van der Waals surface area contributed by atoms with E-state index >= 15 is 0 Å². The maximum atomic E-state index is 12.5. The topological polar surface area (TPSA) is 98.6 Å². The van der Waals surface area contributed by atoms with Gasteiger partial charge in [0.25, 0.3) is 0 Å². The normalized spacial score (nSPS) is 11.2. The fraction of sp³-hybridized carbons (Fsp3) is 0.156. The molecule has 0 bridgehead atoms. The van der Waals surface area contributed by atoms with Crippen molar-refractivity contribution in [3.8, 4) is 39.5 Å². The van der Waals surface area contributed by atoms with E-state index in [2.05, 4.69) is 57.9 Å². The van der Waals surface area contributed by atoms with Crippen LogP contribution in [-0.4, -0.2) is 43.6 Å². The summed E-state index contributed by atoms with van der Waals surface area (Å²) in [7, 11) is 1.66. The number of carbonyl (C=O) groups is 1. The van der Waals surface area contributed by atoms with E-state index in [1.54, 1.807) is 7.11 Å². The number of hydrogen-bond acceptors (Lipinski definition) is 6. The number of methoxy groups -OCH3 is 1. The van der Waals surface area contributed by atoms with Crippen LogP contribution in [0.15, 0.2) is 84.9 Å². The number of ether oxygens (including phenoxy) is 1. The molecular formula is C32H28N6O2. The lowest BCUT2D eigenvalue weighted by Crippen LogP contribution is -2.08. The molecule has 2 heterocycles. The molecule has 8 nitrogen and oxygen atoms in total. The second kappa shape index (κ2) is 10.9. The molecule has 0 aliphatic carbocycles. The van der Waals surface area contributed by atoms with Crippen LogP contribution in [0.3, 0.4) is 0 Å². The summed E-state index contributed by atoms with van der Waals surface area (Å²) < 4.78 is 7.41. The molecule has 4 aromatic carbocycles. The lowest BCUT2D eigenvalue weighted by molar-refractivity contribution is 0.111. The van der Waals surface area contributed by atoms with Gasteiger partial charge in [0.2, 0.25) is 5.82 Å². The molecule has 0 amide bonds. The number of aromatic nitrogens is 6. The number of hydrogen-bond donors (Lipinski definition) is 1. The largest absolute Gasteiger partial charge is 0.497 e. The van der Waals surface area contributed by atoms with Crippen LogP contribution in [0.1, 0.15) is 35.2 Å². The smallest absolute Gasteiger partial charge is 0.205 e. The third-order valence-corrected chi connectivity index (χ3v) is 7.11. The average molecular weight is 529 g/mol. The molecule has 40 heavy (non-hydrogen) atoms. The van der Waals surface area contributed by atoms with Gasteiger partial charge in [-0.15, -0.1) is 10.2 Å². The number of aryl methyl sites for hydroxylation is 1. The van der Waals surface area contributed by atoms with Crippen LogP contribution in [0.4, 0.5) is 0 Å². The number of imidazole rings is 1. The van der Waals surface area contributed by atoms with Gasteiger partial charge >= 0.3 is 0 Å². The van der Waals surface area contributed by atoms with Crippen LogP contribution < -0.4 is 4.74 Å². The van der Waals surface area contributed by atoms with Crippen molar-refractivity contribution in [2.24, 2.45) is 0 Å². The monoisotopic (exact) mass is 528 g/mol. The Morgan fingerprint density at radius 2 is 1.65 bits per heavy atom. The molecule has 6 aromatic rings. The Kier molecular flexibility index (Phi) is 6.89. The number of aromatic amines is 1. The summed E-state index contributed by atoms with van der Waals surface area (Å²) in [6, 6.07) is 28.5. The minimum Gasteiger partial charge on any atom is -0.497 e. The highest BCUT2D eigenvalue weighted by Gasteiger charge is 2.19. The first-order valence-electron chi connectivity index (χ1n) is 13.2. The molecule has 198 valence electrons. The van der Waals surface area contributed by atoms with Crippen molar-refractivity contribution in [3.63, 3.8) is 0 Å². The van der Waals surface area contributed by atoms with E-state index < -0.39 is 0 Å². The number of nitrogens with one attached hydrogen (secondary N) is 1. The molecule has 0 aliphatic heterocycles. The molecule has 8 heteroatoms. The number of nitrogens with zero attached hydrogens (tertiary/aromatic N) is 5. The van der Waals surface area contributed by atoms with Gasteiger partial charge in [-0.05, 0) is 57.3 Å². The molecule has 0 spiro atoms. The molecule has 6 rings (SSSR count). The Labute approximate surface area is 231 Å². The zero-order chi connectivity index (χ0) is 27.5. The van der Waals surface area contributed by atoms with Gasteiger partial charge in [0.05, 0.1) is 12.8 Å². The maximum Gasteiger partial charge on any atom is 0.205 e. The van der Waals surface area contributed by atoms with Crippen LogP contribution in [0.2, 0.25) is 0 Å². The number of tetrazole rings is 1. The maximum absolute atomic E-state index is 12.5. The summed E-state index contributed by atoms with van der Waals surface area (Å²) in [5, 5.41) is 16.7. The zero-order valence-corrected chi connectivity index (χ0v) is 22.3. The van der Waals surface area contributed by atoms with Crippen LogP contribution >= 0.6 is 0 Å². The van der Waals surface area contributed by atoms with Crippen LogP contribution in [0.25, 0.3) is 44.5 Å². The first kappa shape index (κ1) is 25.2. The van der Waals surface area contributed by atoms with Crippen molar-refractivity contribution < 1.29 is 9.53 Å². The van der Waals surface area contributed by atoms with Crippen LogP contribution in [0, 0.1) is 0 Å². The van der Waals surface area contributed by atoms with Gasteiger partial charge in [0, 0.05) is 24.1 Å². The third kappa shape index (κ3) is 4.75. The van der Waals surface area contributed by atoms with Gasteiger partial charge in [-0.2, -0.15) is 5.21 Å². The van der Waals surface area contributed by atoms with Crippen LogP contribution in [0.5, 0.6) is 5.75 Å². The summed E-state index contributed by atoms with van der Waals surface area (Å²) in [6.07, 6.45) is 2.63. The van der Waals surface area contributed by atoms with Crippen molar-refractivity contribution in [1.29, 1.82) is 0 Å². The van der Waals surface area contributed by atoms with Gasteiger partial charge in [0.15, 0.2) is 6.29 Å². The summed E-state index contributed by atoms with van der Waals surface area (Å²) in [5.41, 5.74) is 6.28. The highest BCUT2D eigenvalue weighted by molar-refractivity contribution is 5.91. The number of benzene rings is 4. The molecule has 0 radical (unpaired) electrons. The fourth-order valence-corrected chi connectivity index (χ4v) is 5.11. The van der Waals surface area contributed by atoms with E-state index in [1.165, 1.54) is 0 Å². The van der Waals surface area contributed by atoms with E-state index in [0.717, 1.165) is 69.3 Å². The van der Waals surface area contributed by atoms with E-state index in [1.807, 2.05) is 59.2 Å². The number of carbonyl (C=O) groups excluding carboxylic acids is 1. The standard InChI is InChI=1S/C32H28N6O2/c1-3-6-30-33-31(25-14-13-24-18-26(40-2)16-15-23(24)17-25)29(20-39)38(30)19-21-9-11-22(12-10-21)27-7-4-5-8-28(27)32-34-36-37-35-32/h4-5,7-18,20H,3,6,19H2,1-2H3,(H,34,35,36,37). The van der Waals surface area contributed by atoms with Gasteiger partial charge in [-0.1, -0.05) is 73.7 Å². The second-order valence-electron chi connectivity index (χ2n) is 9.62. The molecule has 1 N–H and O–H groups in total. The molecule has 0 aliphatic rings. The lowest BCUT2D eigenvalue weighted by atomic mass is 9.98. The second-order valence-corrected chi connectivity index (χ2v) is 9.62. The minimum absolute atomic E-state index is 0.550. The minimum atomic E-state index is 0.550. The Morgan fingerprint density at radius 3 is 2.38 bits per heavy atom. The predicted octanol–water partition coefficient (Wildman–Crippen LogP) is 6.37. The summed E-state index contributed by atoms with van der Waals surface area (Å²) >= 11 is 0. The van der Waals surface area contributed by atoms with Crippen LogP contribution in [-0.2, 0) is 13.0 Å². The Morgan fingerprint density at radius 1 is 0.900 bits per heavy atom. The molecule has 0 saturated heterocycles. The van der Waals surface area contributed by atoms with Crippen molar-refractivity contribution in [1.82, 2.24) is 30.2 Å². The molecule has 0 unspecified atom stereocenters. The highest BCUT2D eigenvalue weighted by Crippen LogP contribution is 2.32. The van der Waals surface area contributed by atoms with E-state index in [9.17, 15) is 4.79 Å². The van der Waals surface area contributed by atoms with Gasteiger partial charge in [0.1, 0.15) is 17.3 Å². The first-order chi connectivity index (χ1) is 19.7. The molecular weight excluding hydrogens is 500 g/mol. The van der Waals surface area contributed by atoms with E-state index in [4.69, 9.17) is 9.72 Å². The molecule has 0 fully saturated rings. The first-order valence-corrected chi connectivity index (χ1v) is 13.2. The molecule has 0 atom stereocenters. The fourth-order valence-electron chi connectivity index (χ4n) is 5.11. The van der Waals surface area contributed by atoms with E-state index in [-0.39, 0.29) is 0 Å². The summed E-state index contributed by atoms with van der Waals surface area (Å²) in [6.45, 7) is 2.67. The number of fused-ring (bicyclic) bond motifs is 1. The molecule has 2 aromatic heterocycles. The van der Waals surface area contributed by atoms with Gasteiger partial charge in [-0.3, -0.25) is 4.79 Å². The SMILES string of the molecule is CCCc1nc(-c2ccc3cc(OC)ccc3c2)c(C=O)n1Cc1ccc(-c2ccccc2-c2nn[nH]n2)cc1. The van der Waals surface area contributed by atoms with Gasteiger partial charge < -0.3 is 9.30 Å².